The van der Waals surface area contributed by atoms with Crippen LogP contribution in [0.4, 0.5) is 0 Å². The summed E-state index contributed by atoms with van der Waals surface area (Å²) >= 11 is 0. The van der Waals surface area contributed by atoms with Crippen LogP contribution >= 0.6 is 7.60 Å². The van der Waals surface area contributed by atoms with Crippen molar-refractivity contribution in [2.24, 2.45) is 5.92 Å². The molecule has 0 aliphatic heterocycles. The molecule has 0 fully saturated rings. The van der Waals surface area contributed by atoms with E-state index in [0.29, 0.717) is 12.5 Å². The van der Waals surface area contributed by atoms with Gasteiger partial charge in [0.1, 0.15) is 0 Å². The number of rotatable bonds is 4. The summed E-state index contributed by atoms with van der Waals surface area (Å²) in [6.07, 6.45) is 0. The molecule has 0 aromatic heterocycles. The van der Waals surface area contributed by atoms with Gasteiger partial charge in [-0.2, -0.15) is 0 Å². The van der Waals surface area contributed by atoms with E-state index in [0.717, 1.165) is 0 Å². The Balaban J connectivity index is 3.84. The Labute approximate surface area is 68.3 Å². The highest BCUT2D eigenvalue weighted by Crippen LogP contribution is 2.47. The van der Waals surface area contributed by atoms with Crippen molar-refractivity contribution < 1.29 is 14.0 Å². The third-order valence-electron chi connectivity index (χ3n) is 1.25. The van der Waals surface area contributed by atoms with Crippen LogP contribution < -0.4 is 0 Å². The minimum absolute atomic E-state index is 0.300. The quantitative estimate of drug-likeness (QED) is 0.675. The van der Waals surface area contributed by atoms with E-state index in [9.17, 15) is 9.46 Å². The van der Waals surface area contributed by atoms with Crippen LogP contribution in [0.2, 0.25) is 0 Å². The molecule has 0 saturated heterocycles. The van der Waals surface area contributed by atoms with E-state index >= 15 is 0 Å². The first-order valence-electron chi connectivity index (χ1n) is 3.83. The van der Waals surface area contributed by atoms with Crippen LogP contribution in [0.5, 0.6) is 0 Å². The predicted octanol–water partition coefficient (Wildman–Crippen LogP) is 2.25. The van der Waals surface area contributed by atoms with Gasteiger partial charge in [-0.05, 0) is 5.92 Å². The Morgan fingerprint density at radius 2 is 1.82 bits per heavy atom. The van der Waals surface area contributed by atoms with E-state index in [1.54, 1.807) is 13.8 Å². The second-order valence-corrected chi connectivity index (χ2v) is 5.77. The molecule has 0 aromatic carbocycles. The maximum Gasteiger partial charge on any atom is 0.330 e. The van der Waals surface area contributed by atoms with Gasteiger partial charge in [0.2, 0.25) is 0 Å². The minimum Gasteiger partial charge on any atom is -0.324 e. The zero-order valence-corrected chi connectivity index (χ0v) is 8.47. The van der Waals surface area contributed by atoms with Gasteiger partial charge in [0.15, 0.2) is 0 Å². The van der Waals surface area contributed by atoms with E-state index in [2.05, 4.69) is 0 Å². The summed E-state index contributed by atoms with van der Waals surface area (Å²) in [6.45, 7) is 7.61. The van der Waals surface area contributed by atoms with Crippen LogP contribution in [0.25, 0.3) is 0 Å². The molecule has 0 aliphatic carbocycles. The normalized spacial score (nSPS) is 17.4. The van der Waals surface area contributed by atoms with Gasteiger partial charge in [-0.15, -0.1) is 0 Å². The van der Waals surface area contributed by atoms with Crippen LogP contribution in [-0.4, -0.2) is 17.2 Å². The molecule has 0 heterocycles. The highest BCUT2D eigenvalue weighted by Gasteiger charge is 2.24. The lowest BCUT2D eigenvalue weighted by Crippen LogP contribution is -2.06. The molecule has 1 N–H and O–H groups in total. The Bertz CT molecular complexity index is 154. The van der Waals surface area contributed by atoms with Gasteiger partial charge in [0.05, 0.1) is 12.3 Å². The molecule has 1 unspecified atom stereocenters. The van der Waals surface area contributed by atoms with E-state index in [-0.39, 0.29) is 5.66 Å². The zero-order valence-electron chi connectivity index (χ0n) is 7.57. The maximum atomic E-state index is 11.2. The van der Waals surface area contributed by atoms with E-state index in [1.165, 1.54) is 0 Å². The standard InChI is InChI=1S/C7H17O3P/c1-6(2)5-10-11(8,9)7(3)4/h6-7H,5H2,1-4H3,(H,8,9). The lowest BCUT2D eigenvalue weighted by atomic mass is 10.2. The number of hydrogen-bond donors (Lipinski definition) is 1. The Morgan fingerprint density at radius 3 is 2.09 bits per heavy atom. The zero-order chi connectivity index (χ0) is 9.07. The van der Waals surface area contributed by atoms with Crippen LogP contribution in [0.15, 0.2) is 0 Å². The first-order valence-corrected chi connectivity index (χ1v) is 5.48. The maximum absolute atomic E-state index is 11.2. The van der Waals surface area contributed by atoms with Gasteiger partial charge in [-0.3, -0.25) is 4.57 Å². The van der Waals surface area contributed by atoms with Crippen molar-refractivity contribution in [3.63, 3.8) is 0 Å². The number of hydrogen-bond acceptors (Lipinski definition) is 2. The fraction of sp³-hybridized carbons (Fsp3) is 1.00. The summed E-state index contributed by atoms with van der Waals surface area (Å²) in [5.74, 6) is 0.300. The van der Waals surface area contributed by atoms with Crippen molar-refractivity contribution in [3.8, 4) is 0 Å². The largest absolute Gasteiger partial charge is 0.330 e. The third-order valence-corrected chi connectivity index (χ3v) is 3.07. The first kappa shape index (κ1) is 11.2. The molecule has 0 rings (SSSR count). The van der Waals surface area contributed by atoms with Crippen molar-refractivity contribution in [1.29, 1.82) is 0 Å². The van der Waals surface area contributed by atoms with Gasteiger partial charge < -0.3 is 9.42 Å². The van der Waals surface area contributed by atoms with Gasteiger partial charge in [0.25, 0.3) is 0 Å². The molecule has 0 spiro atoms. The second kappa shape index (κ2) is 4.24. The van der Waals surface area contributed by atoms with Gasteiger partial charge in [-0.25, -0.2) is 0 Å². The van der Waals surface area contributed by atoms with E-state index in [4.69, 9.17) is 4.52 Å². The summed E-state index contributed by atoms with van der Waals surface area (Å²) in [5.41, 5.74) is -0.304. The van der Waals surface area contributed by atoms with Gasteiger partial charge in [0, 0.05) is 0 Å². The van der Waals surface area contributed by atoms with Crippen LogP contribution in [0.1, 0.15) is 27.7 Å². The highest BCUT2D eigenvalue weighted by atomic mass is 31.2. The Kier molecular flexibility index (Phi) is 4.30. The summed E-state index contributed by atoms with van der Waals surface area (Å²) in [4.78, 5) is 9.17. The first-order chi connectivity index (χ1) is 4.86. The lowest BCUT2D eigenvalue weighted by Gasteiger charge is -2.16. The molecule has 0 amide bonds. The van der Waals surface area contributed by atoms with E-state index < -0.39 is 7.60 Å². The predicted molar refractivity (Wildman–Crippen MR) is 45.8 cm³/mol. The fourth-order valence-corrected chi connectivity index (χ4v) is 1.21. The van der Waals surface area contributed by atoms with E-state index in [1.807, 2.05) is 13.8 Å². The van der Waals surface area contributed by atoms with Gasteiger partial charge in [-0.1, -0.05) is 27.7 Å². The highest BCUT2D eigenvalue weighted by molar-refractivity contribution is 7.53. The van der Waals surface area contributed by atoms with Crippen LogP contribution in [0, 0.1) is 5.92 Å². The average Bonchev–Trinajstić information content (AvgIpc) is 1.84. The smallest absolute Gasteiger partial charge is 0.324 e. The van der Waals surface area contributed by atoms with Gasteiger partial charge >= 0.3 is 7.60 Å². The summed E-state index contributed by atoms with van der Waals surface area (Å²) in [5, 5.41) is 0. The molecule has 11 heavy (non-hydrogen) atoms. The molecule has 0 bridgehead atoms. The van der Waals surface area contributed by atoms with Crippen LogP contribution in [0.3, 0.4) is 0 Å². The molecule has 1 atom stereocenters. The van der Waals surface area contributed by atoms with Crippen LogP contribution in [-0.2, 0) is 9.09 Å². The summed E-state index contributed by atoms with van der Waals surface area (Å²) in [6, 6.07) is 0. The van der Waals surface area contributed by atoms with Crippen molar-refractivity contribution in [2.45, 2.75) is 33.4 Å². The molecule has 0 saturated carbocycles. The molecule has 4 heteroatoms. The van der Waals surface area contributed by atoms with Crippen molar-refractivity contribution in [3.05, 3.63) is 0 Å². The molecule has 68 valence electrons. The second-order valence-electron chi connectivity index (χ2n) is 3.35. The van der Waals surface area contributed by atoms with Crippen molar-refractivity contribution in [2.75, 3.05) is 6.61 Å². The molecule has 0 radical (unpaired) electrons. The summed E-state index contributed by atoms with van der Waals surface area (Å²) in [7, 11) is -3.32. The van der Waals surface area contributed by atoms with Crippen molar-refractivity contribution >= 4 is 7.60 Å². The molecule has 0 aromatic rings. The Morgan fingerprint density at radius 1 is 1.36 bits per heavy atom. The lowest BCUT2D eigenvalue weighted by molar-refractivity contribution is 0.224. The molecule has 3 nitrogen and oxygen atoms in total. The topological polar surface area (TPSA) is 46.5 Å². The molecular formula is C7H17O3P. The monoisotopic (exact) mass is 180 g/mol. The molecule has 0 aliphatic rings. The minimum atomic E-state index is -3.32. The van der Waals surface area contributed by atoms with Crippen molar-refractivity contribution in [1.82, 2.24) is 0 Å². The Hall–Kier alpha value is 0.150. The molecular weight excluding hydrogens is 163 g/mol. The average molecular weight is 180 g/mol. The SMILES string of the molecule is CC(C)COP(=O)(O)C(C)C. The summed E-state index contributed by atoms with van der Waals surface area (Å²) < 4.78 is 16.0. The fourth-order valence-electron chi connectivity index (χ4n) is 0.405. The third kappa shape index (κ3) is 4.57.